The van der Waals surface area contributed by atoms with Crippen LogP contribution in [0.5, 0.6) is 5.75 Å². The molecule has 0 aromatic heterocycles. The molecule has 116 valence electrons. The van der Waals surface area contributed by atoms with Crippen molar-refractivity contribution in [2.45, 2.75) is 25.4 Å². The van der Waals surface area contributed by atoms with E-state index in [2.05, 4.69) is 10.5 Å². The first-order chi connectivity index (χ1) is 10.3. The van der Waals surface area contributed by atoms with Crippen molar-refractivity contribution in [1.29, 1.82) is 0 Å². The average Bonchev–Trinajstić information content (AvgIpc) is 2.55. The van der Waals surface area contributed by atoms with Crippen LogP contribution in [0.2, 0.25) is 0 Å². The molecule has 1 fully saturated rings. The zero-order valence-electron chi connectivity index (χ0n) is 12.1. The maximum absolute atomic E-state index is 8.58. The summed E-state index contributed by atoms with van der Waals surface area (Å²) in [7, 11) is 0. The fourth-order valence-corrected chi connectivity index (χ4v) is 2.25. The maximum Gasteiger partial charge on any atom is 0.170 e. The van der Waals surface area contributed by atoms with E-state index in [1.165, 1.54) is 12.8 Å². The molecule has 1 aliphatic heterocycles. The SMILES string of the molecule is NC(=NO)c1ccc(OCCNCC2CCCCO2)cc1. The van der Waals surface area contributed by atoms with E-state index in [9.17, 15) is 0 Å². The van der Waals surface area contributed by atoms with Crippen LogP contribution in [0, 0.1) is 0 Å². The quantitative estimate of drug-likeness (QED) is 0.232. The molecule has 6 heteroatoms. The lowest BCUT2D eigenvalue weighted by atomic mass is 10.1. The summed E-state index contributed by atoms with van der Waals surface area (Å²) in [5.74, 6) is 0.857. The number of hydrogen-bond donors (Lipinski definition) is 3. The highest BCUT2D eigenvalue weighted by molar-refractivity contribution is 5.97. The minimum atomic E-state index is 0.0932. The molecule has 1 saturated heterocycles. The predicted octanol–water partition coefficient (Wildman–Crippen LogP) is 1.32. The van der Waals surface area contributed by atoms with Crippen LogP contribution in [0.1, 0.15) is 24.8 Å². The zero-order chi connectivity index (χ0) is 14.9. The fourth-order valence-electron chi connectivity index (χ4n) is 2.25. The Hall–Kier alpha value is -1.79. The van der Waals surface area contributed by atoms with Crippen LogP contribution >= 0.6 is 0 Å². The average molecular weight is 293 g/mol. The Balaban J connectivity index is 1.62. The second-order valence-electron chi connectivity index (χ2n) is 5.05. The minimum absolute atomic E-state index is 0.0932. The number of nitrogens with two attached hydrogens (primary N) is 1. The molecule has 0 spiro atoms. The minimum Gasteiger partial charge on any atom is -0.492 e. The van der Waals surface area contributed by atoms with E-state index in [1.807, 2.05) is 0 Å². The number of nitrogens with one attached hydrogen (secondary N) is 1. The van der Waals surface area contributed by atoms with E-state index >= 15 is 0 Å². The highest BCUT2D eigenvalue weighted by Gasteiger charge is 2.12. The van der Waals surface area contributed by atoms with Gasteiger partial charge in [-0.15, -0.1) is 0 Å². The van der Waals surface area contributed by atoms with Gasteiger partial charge in [-0.3, -0.25) is 0 Å². The number of hydrogen-bond acceptors (Lipinski definition) is 5. The van der Waals surface area contributed by atoms with Gasteiger partial charge in [-0.2, -0.15) is 0 Å². The Morgan fingerprint density at radius 3 is 2.86 bits per heavy atom. The van der Waals surface area contributed by atoms with Crippen molar-refractivity contribution in [3.05, 3.63) is 29.8 Å². The molecule has 2 rings (SSSR count). The molecule has 0 saturated carbocycles. The Bertz CT molecular complexity index is 442. The second kappa shape index (κ2) is 8.49. The molecule has 1 atom stereocenters. The van der Waals surface area contributed by atoms with Gasteiger partial charge in [-0.1, -0.05) is 5.16 Å². The topological polar surface area (TPSA) is 89.1 Å². The van der Waals surface area contributed by atoms with Gasteiger partial charge in [-0.05, 0) is 43.5 Å². The van der Waals surface area contributed by atoms with E-state index in [0.29, 0.717) is 18.3 Å². The zero-order valence-corrected chi connectivity index (χ0v) is 12.1. The smallest absolute Gasteiger partial charge is 0.170 e. The van der Waals surface area contributed by atoms with E-state index in [1.54, 1.807) is 24.3 Å². The van der Waals surface area contributed by atoms with E-state index < -0.39 is 0 Å². The lowest BCUT2D eigenvalue weighted by molar-refractivity contribution is 0.0167. The van der Waals surface area contributed by atoms with E-state index in [0.717, 1.165) is 31.9 Å². The highest BCUT2D eigenvalue weighted by Crippen LogP contribution is 2.12. The van der Waals surface area contributed by atoms with Gasteiger partial charge in [-0.25, -0.2) is 0 Å². The van der Waals surface area contributed by atoms with Crippen molar-refractivity contribution >= 4 is 5.84 Å². The number of benzene rings is 1. The van der Waals surface area contributed by atoms with Crippen LogP contribution in [0.3, 0.4) is 0 Å². The summed E-state index contributed by atoms with van der Waals surface area (Å²) in [6, 6.07) is 7.12. The molecule has 0 amide bonds. The van der Waals surface area contributed by atoms with Crippen molar-refractivity contribution in [2.24, 2.45) is 10.9 Å². The summed E-state index contributed by atoms with van der Waals surface area (Å²) in [4.78, 5) is 0. The molecule has 1 aliphatic rings. The second-order valence-corrected chi connectivity index (χ2v) is 5.05. The van der Waals surface area contributed by atoms with Crippen LogP contribution in [0.4, 0.5) is 0 Å². The van der Waals surface area contributed by atoms with Crippen LogP contribution in [0.25, 0.3) is 0 Å². The van der Waals surface area contributed by atoms with Gasteiger partial charge in [0.05, 0.1) is 6.10 Å². The number of nitrogens with zero attached hydrogens (tertiary/aromatic N) is 1. The highest BCUT2D eigenvalue weighted by atomic mass is 16.5. The molecule has 0 aliphatic carbocycles. The van der Waals surface area contributed by atoms with Gasteiger partial charge >= 0.3 is 0 Å². The first-order valence-electron chi connectivity index (χ1n) is 7.32. The molecule has 1 aromatic carbocycles. The molecule has 1 unspecified atom stereocenters. The molecule has 0 radical (unpaired) electrons. The first kappa shape index (κ1) is 15.6. The predicted molar refractivity (Wildman–Crippen MR) is 80.9 cm³/mol. The lowest BCUT2D eigenvalue weighted by Crippen LogP contribution is -2.33. The molecular weight excluding hydrogens is 270 g/mol. The summed E-state index contributed by atoms with van der Waals surface area (Å²) in [5, 5.41) is 14.9. The third-order valence-corrected chi connectivity index (χ3v) is 3.45. The van der Waals surface area contributed by atoms with Gasteiger partial charge < -0.3 is 25.7 Å². The van der Waals surface area contributed by atoms with Crippen molar-refractivity contribution in [3.8, 4) is 5.75 Å². The van der Waals surface area contributed by atoms with Crippen molar-refractivity contribution < 1.29 is 14.7 Å². The van der Waals surface area contributed by atoms with Gasteiger partial charge in [0.1, 0.15) is 12.4 Å². The summed E-state index contributed by atoms with van der Waals surface area (Å²) in [6.45, 7) is 3.14. The first-order valence-corrected chi connectivity index (χ1v) is 7.32. The molecule has 6 nitrogen and oxygen atoms in total. The maximum atomic E-state index is 8.58. The Labute approximate surface area is 124 Å². The van der Waals surface area contributed by atoms with Crippen molar-refractivity contribution in [1.82, 2.24) is 5.32 Å². The Morgan fingerprint density at radius 2 is 2.19 bits per heavy atom. The Kier molecular flexibility index (Phi) is 6.30. The largest absolute Gasteiger partial charge is 0.492 e. The molecule has 1 heterocycles. The molecule has 21 heavy (non-hydrogen) atoms. The number of amidine groups is 1. The van der Waals surface area contributed by atoms with Gasteiger partial charge in [0.15, 0.2) is 5.84 Å². The monoisotopic (exact) mass is 293 g/mol. The van der Waals surface area contributed by atoms with Crippen molar-refractivity contribution in [3.63, 3.8) is 0 Å². The summed E-state index contributed by atoms with van der Waals surface area (Å²) in [6.07, 6.45) is 3.93. The summed E-state index contributed by atoms with van der Waals surface area (Å²) in [5.41, 5.74) is 6.16. The van der Waals surface area contributed by atoms with E-state index in [-0.39, 0.29) is 5.84 Å². The molecular formula is C15H23N3O3. The molecule has 4 N–H and O–H groups in total. The van der Waals surface area contributed by atoms with Gasteiger partial charge in [0.2, 0.25) is 0 Å². The van der Waals surface area contributed by atoms with Crippen LogP contribution in [-0.4, -0.2) is 43.5 Å². The summed E-state index contributed by atoms with van der Waals surface area (Å²) < 4.78 is 11.3. The number of rotatable bonds is 7. The van der Waals surface area contributed by atoms with Crippen LogP contribution in [-0.2, 0) is 4.74 Å². The summed E-state index contributed by atoms with van der Waals surface area (Å²) >= 11 is 0. The lowest BCUT2D eigenvalue weighted by Gasteiger charge is -2.22. The van der Waals surface area contributed by atoms with Crippen LogP contribution in [0.15, 0.2) is 29.4 Å². The van der Waals surface area contributed by atoms with Gasteiger partial charge in [0.25, 0.3) is 0 Å². The van der Waals surface area contributed by atoms with Gasteiger partial charge in [0, 0.05) is 25.3 Å². The van der Waals surface area contributed by atoms with Crippen LogP contribution < -0.4 is 15.8 Å². The third-order valence-electron chi connectivity index (χ3n) is 3.45. The standard InChI is InChI=1S/C15H23N3O3/c16-15(18-19)12-4-6-13(7-5-12)21-10-8-17-11-14-3-1-2-9-20-14/h4-7,14,17,19H,1-3,8-11H2,(H2,16,18). The number of ether oxygens (including phenoxy) is 2. The van der Waals surface area contributed by atoms with E-state index in [4.69, 9.17) is 20.4 Å². The number of oxime groups is 1. The Morgan fingerprint density at radius 1 is 1.38 bits per heavy atom. The third kappa shape index (κ3) is 5.24. The fraction of sp³-hybridized carbons (Fsp3) is 0.533. The molecule has 1 aromatic rings. The van der Waals surface area contributed by atoms with Crippen molar-refractivity contribution in [2.75, 3.05) is 26.3 Å². The normalized spacial score (nSPS) is 19.4. The molecule has 0 bridgehead atoms.